The molecule has 0 radical (unpaired) electrons. The highest BCUT2D eigenvalue weighted by molar-refractivity contribution is 14.1. The number of halogens is 2. The molecule has 0 fully saturated rings. The lowest BCUT2D eigenvalue weighted by atomic mass is 10.3. The summed E-state index contributed by atoms with van der Waals surface area (Å²) in [6, 6.07) is 5.39. The van der Waals surface area contributed by atoms with Gasteiger partial charge in [0.1, 0.15) is 11.5 Å². The number of rotatable bonds is 4. The minimum atomic E-state index is -0.344. The molecular formula is C13H12ClIN4O. The molecule has 1 aromatic heterocycles. The van der Waals surface area contributed by atoms with Gasteiger partial charge >= 0.3 is 0 Å². The molecule has 20 heavy (non-hydrogen) atoms. The number of nitrogens with zero attached hydrogens (tertiary/aromatic N) is 2. The van der Waals surface area contributed by atoms with Crippen LogP contribution in [0.3, 0.4) is 0 Å². The zero-order valence-electron chi connectivity index (χ0n) is 10.7. The summed E-state index contributed by atoms with van der Waals surface area (Å²) in [4.78, 5) is 20.2. The Morgan fingerprint density at radius 1 is 1.35 bits per heavy atom. The van der Waals surface area contributed by atoms with Gasteiger partial charge in [0.25, 0.3) is 5.91 Å². The summed E-state index contributed by atoms with van der Waals surface area (Å²) in [7, 11) is 0. The normalized spacial score (nSPS) is 10.2. The van der Waals surface area contributed by atoms with Crippen molar-refractivity contribution in [1.82, 2.24) is 9.97 Å². The van der Waals surface area contributed by atoms with Gasteiger partial charge in [-0.05, 0) is 47.7 Å². The minimum absolute atomic E-state index is 0.237. The van der Waals surface area contributed by atoms with Gasteiger partial charge in [-0.1, -0.05) is 11.6 Å². The highest BCUT2D eigenvalue weighted by Crippen LogP contribution is 2.24. The number of hydrogen-bond acceptors (Lipinski definition) is 4. The molecule has 1 heterocycles. The molecule has 0 saturated heterocycles. The van der Waals surface area contributed by atoms with E-state index in [0.717, 1.165) is 10.1 Å². The van der Waals surface area contributed by atoms with Crippen molar-refractivity contribution in [1.29, 1.82) is 0 Å². The van der Waals surface area contributed by atoms with Gasteiger partial charge in [0.2, 0.25) is 0 Å². The third-order valence-electron chi connectivity index (χ3n) is 2.42. The third kappa shape index (κ3) is 3.80. The van der Waals surface area contributed by atoms with Crippen molar-refractivity contribution in [2.24, 2.45) is 0 Å². The maximum Gasteiger partial charge on any atom is 0.275 e. The number of carbonyl (C=O) groups excluding carboxylic acids is 1. The summed E-state index contributed by atoms with van der Waals surface area (Å²) in [5.41, 5.74) is 0.788. The molecule has 5 nitrogen and oxygen atoms in total. The Labute approximate surface area is 135 Å². The minimum Gasteiger partial charge on any atom is -0.369 e. The van der Waals surface area contributed by atoms with E-state index in [1.807, 2.05) is 13.0 Å². The molecule has 0 bridgehead atoms. The molecule has 0 aliphatic rings. The average Bonchev–Trinajstić information content (AvgIpc) is 2.43. The van der Waals surface area contributed by atoms with Crippen molar-refractivity contribution in [3.63, 3.8) is 0 Å². The second-order valence-corrected chi connectivity index (χ2v) is 5.55. The van der Waals surface area contributed by atoms with Gasteiger partial charge in [-0.3, -0.25) is 4.79 Å². The van der Waals surface area contributed by atoms with E-state index in [2.05, 4.69) is 43.2 Å². The Kier molecular flexibility index (Phi) is 5.13. The number of benzene rings is 1. The first-order chi connectivity index (χ1) is 9.60. The number of hydrogen-bond donors (Lipinski definition) is 2. The van der Waals surface area contributed by atoms with Crippen LogP contribution in [0.5, 0.6) is 0 Å². The zero-order valence-corrected chi connectivity index (χ0v) is 13.6. The Bertz CT molecular complexity index is 618. The fraction of sp³-hybridized carbons (Fsp3) is 0.154. The van der Waals surface area contributed by atoms with Crippen LogP contribution in [0.4, 0.5) is 11.5 Å². The second kappa shape index (κ2) is 6.85. The van der Waals surface area contributed by atoms with E-state index in [1.165, 1.54) is 12.4 Å². The predicted octanol–water partition coefficient (Wildman–Crippen LogP) is 3.42. The summed E-state index contributed by atoms with van der Waals surface area (Å²) in [6.45, 7) is 2.71. The van der Waals surface area contributed by atoms with Crippen LogP contribution in [0, 0.1) is 3.57 Å². The largest absolute Gasteiger partial charge is 0.369 e. The van der Waals surface area contributed by atoms with E-state index >= 15 is 0 Å². The van der Waals surface area contributed by atoms with Crippen LogP contribution >= 0.6 is 34.2 Å². The molecular weight excluding hydrogens is 391 g/mol. The van der Waals surface area contributed by atoms with Crippen LogP contribution in [0.25, 0.3) is 0 Å². The standard InChI is InChI=1S/C13H12ClIN4O/c1-2-16-12-7-17-11(6-18-12)13(20)19-10-4-3-8(15)5-9(10)14/h3-7H,2H2,1H3,(H,16,18)(H,19,20). The Morgan fingerprint density at radius 3 is 2.75 bits per heavy atom. The van der Waals surface area contributed by atoms with E-state index < -0.39 is 0 Å². The number of aromatic nitrogens is 2. The molecule has 0 aliphatic heterocycles. The van der Waals surface area contributed by atoms with Gasteiger partial charge in [-0.15, -0.1) is 0 Å². The lowest BCUT2D eigenvalue weighted by molar-refractivity contribution is 0.102. The quantitative estimate of drug-likeness (QED) is 0.769. The fourth-order valence-electron chi connectivity index (χ4n) is 1.49. The monoisotopic (exact) mass is 402 g/mol. The predicted molar refractivity (Wildman–Crippen MR) is 88.3 cm³/mol. The molecule has 0 saturated carbocycles. The first kappa shape index (κ1) is 15.0. The summed E-state index contributed by atoms with van der Waals surface area (Å²) in [5, 5.41) is 6.21. The van der Waals surface area contributed by atoms with Gasteiger partial charge in [0, 0.05) is 10.1 Å². The maximum atomic E-state index is 12.0. The molecule has 1 amide bonds. The van der Waals surface area contributed by atoms with Crippen molar-refractivity contribution in [2.45, 2.75) is 6.92 Å². The molecule has 0 spiro atoms. The van der Waals surface area contributed by atoms with E-state index in [0.29, 0.717) is 16.5 Å². The van der Waals surface area contributed by atoms with Crippen LogP contribution in [-0.2, 0) is 0 Å². The highest BCUT2D eigenvalue weighted by atomic mass is 127. The van der Waals surface area contributed by atoms with Crippen LogP contribution < -0.4 is 10.6 Å². The van der Waals surface area contributed by atoms with Crippen LogP contribution in [-0.4, -0.2) is 22.4 Å². The van der Waals surface area contributed by atoms with Crippen LogP contribution in [0.1, 0.15) is 17.4 Å². The lowest BCUT2D eigenvalue weighted by Gasteiger charge is -2.07. The molecule has 7 heteroatoms. The third-order valence-corrected chi connectivity index (χ3v) is 3.41. The Balaban J connectivity index is 2.11. The molecule has 0 aliphatic carbocycles. The fourth-order valence-corrected chi connectivity index (χ4v) is 2.40. The topological polar surface area (TPSA) is 66.9 Å². The highest BCUT2D eigenvalue weighted by Gasteiger charge is 2.10. The first-order valence-corrected chi connectivity index (χ1v) is 7.38. The zero-order chi connectivity index (χ0) is 14.5. The number of amides is 1. The molecule has 0 unspecified atom stereocenters. The number of nitrogens with one attached hydrogen (secondary N) is 2. The molecule has 2 N–H and O–H groups in total. The van der Waals surface area contributed by atoms with Crippen molar-refractivity contribution < 1.29 is 4.79 Å². The van der Waals surface area contributed by atoms with Gasteiger partial charge in [0.15, 0.2) is 0 Å². The van der Waals surface area contributed by atoms with Gasteiger partial charge in [-0.2, -0.15) is 0 Å². The summed E-state index contributed by atoms with van der Waals surface area (Å²) >= 11 is 8.21. The van der Waals surface area contributed by atoms with Gasteiger partial charge < -0.3 is 10.6 Å². The van der Waals surface area contributed by atoms with Gasteiger partial charge in [-0.25, -0.2) is 9.97 Å². The second-order valence-electron chi connectivity index (χ2n) is 3.90. The summed E-state index contributed by atoms with van der Waals surface area (Å²) in [5.74, 6) is 0.292. The van der Waals surface area contributed by atoms with E-state index in [1.54, 1.807) is 12.1 Å². The number of anilines is 2. The molecule has 2 rings (SSSR count). The Hall–Kier alpha value is -1.41. The first-order valence-electron chi connectivity index (χ1n) is 5.92. The van der Waals surface area contributed by atoms with E-state index in [-0.39, 0.29) is 11.6 Å². The van der Waals surface area contributed by atoms with Crippen molar-refractivity contribution in [3.8, 4) is 0 Å². The average molecular weight is 403 g/mol. The van der Waals surface area contributed by atoms with Crippen molar-refractivity contribution >= 4 is 51.6 Å². The van der Waals surface area contributed by atoms with Crippen molar-refractivity contribution in [3.05, 3.63) is 44.9 Å². The molecule has 1 aromatic carbocycles. The molecule has 0 atom stereocenters. The maximum absolute atomic E-state index is 12.0. The summed E-state index contributed by atoms with van der Waals surface area (Å²) < 4.78 is 1.00. The lowest BCUT2D eigenvalue weighted by Crippen LogP contribution is -2.14. The van der Waals surface area contributed by atoms with E-state index in [4.69, 9.17) is 11.6 Å². The smallest absolute Gasteiger partial charge is 0.275 e. The Morgan fingerprint density at radius 2 is 2.15 bits per heavy atom. The SMILES string of the molecule is CCNc1cnc(C(=O)Nc2ccc(I)cc2Cl)cn1. The van der Waals surface area contributed by atoms with Crippen molar-refractivity contribution in [2.75, 3.05) is 17.2 Å². The number of carbonyl (C=O) groups is 1. The van der Waals surface area contributed by atoms with Gasteiger partial charge in [0.05, 0.1) is 23.1 Å². The molecule has 104 valence electrons. The van der Waals surface area contributed by atoms with Crippen LogP contribution in [0.15, 0.2) is 30.6 Å². The van der Waals surface area contributed by atoms with Crippen LogP contribution in [0.2, 0.25) is 5.02 Å². The summed E-state index contributed by atoms with van der Waals surface area (Å²) in [6.07, 6.45) is 2.95. The molecule has 2 aromatic rings. The van der Waals surface area contributed by atoms with E-state index in [9.17, 15) is 4.79 Å².